The van der Waals surface area contributed by atoms with Crippen LogP contribution in [0.4, 0.5) is 21.9 Å². The molecule has 2 aromatic rings. The molecule has 1 heterocycles. The number of nitrogens with zero attached hydrogens (tertiary/aromatic N) is 1. The third-order valence-electron chi connectivity index (χ3n) is 4.84. The zero-order valence-corrected chi connectivity index (χ0v) is 18.2. The number of ether oxygens (including phenoxy) is 3. The quantitative estimate of drug-likeness (QED) is 0.674. The Balaban J connectivity index is 1.80. The summed E-state index contributed by atoms with van der Waals surface area (Å²) in [6.07, 6.45) is 1.67. The van der Waals surface area contributed by atoms with E-state index in [1.54, 1.807) is 47.4 Å². The summed E-state index contributed by atoms with van der Waals surface area (Å²) in [6.45, 7) is 8.02. The summed E-state index contributed by atoms with van der Waals surface area (Å²) < 4.78 is 16.3. The number of rotatable bonds is 6. The highest BCUT2D eigenvalue weighted by molar-refractivity contribution is 6.02. The van der Waals surface area contributed by atoms with Crippen molar-refractivity contribution >= 4 is 29.0 Å². The monoisotopic (exact) mass is 425 g/mol. The van der Waals surface area contributed by atoms with Crippen LogP contribution in [0.3, 0.4) is 0 Å². The number of hydrogen-bond donors (Lipinski definition) is 2. The van der Waals surface area contributed by atoms with Gasteiger partial charge in [-0.25, -0.2) is 4.79 Å². The van der Waals surface area contributed by atoms with Crippen LogP contribution in [0, 0.1) is 5.41 Å². The molecule has 2 aromatic carbocycles. The molecule has 0 fully saturated rings. The number of anilines is 3. The molecule has 1 aliphatic rings. The summed E-state index contributed by atoms with van der Waals surface area (Å²) in [6, 6.07) is 9.81. The molecule has 0 bridgehead atoms. The Kier molecular flexibility index (Phi) is 6.39. The van der Waals surface area contributed by atoms with Crippen molar-refractivity contribution in [2.24, 2.45) is 5.41 Å². The summed E-state index contributed by atoms with van der Waals surface area (Å²) in [7, 11) is 3.08. The topological polar surface area (TPSA) is 89.1 Å². The van der Waals surface area contributed by atoms with Crippen molar-refractivity contribution in [3.8, 4) is 17.2 Å². The first-order valence-corrected chi connectivity index (χ1v) is 9.78. The predicted octanol–water partition coefficient (Wildman–Crippen LogP) is 4.29. The summed E-state index contributed by atoms with van der Waals surface area (Å²) >= 11 is 0. The van der Waals surface area contributed by atoms with Gasteiger partial charge in [-0.2, -0.15) is 0 Å². The van der Waals surface area contributed by atoms with Gasteiger partial charge in [-0.3, -0.25) is 4.79 Å². The maximum absolute atomic E-state index is 12.9. The molecule has 0 spiro atoms. The Morgan fingerprint density at radius 3 is 2.39 bits per heavy atom. The lowest BCUT2D eigenvalue weighted by molar-refractivity contribution is -0.127. The number of urea groups is 1. The van der Waals surface area contributed by atoms with E-state index in [0.717, 1.165) is 0 Å². The molecule has 31 heavy (non-hydrogen) atoms. The number of amides is 3. The maximum atomic E-state index is 12.9. The van der Waals surface area contributed by atoms with Gasteiger partial charge in [0.15, 0.2) is 0 Å². The van der Waals surface area contributed by atoms with Crippen LogP contribution in [0.1, 0.15) is 13.8 Å². The highest BCUT2D eigenvalue weighted by Gasteiger charge is 2.37. The number of methoxy groups -OCH3 is 2. The van der Waals surface area contributed by atoms with Crippen molar-refractivity contribution in [1.29, 1.82) is 0 Å². The summed E-state index contributed by atoms with van der Waals surface area (Å²) in [5.74, 6) is 1.59. The van der Waals surface area contributed by atoms with Crippen LogP contribution in [0.2, 0.25) is 0 Å². The molecule has 0 unspecified atom stereocenters. The van der Waals surface area contributed by atoms with Gasteiger partial charge in [-0.1, -0.05) is 6.08 Å². The first kappa shape index (κ1) is 22.0. The standard InChI is InChI=1S/C23H27N3O5/c1-6-9-26-19-8-7-15(12-20(19)31-14-23(2,3)21(26)27)24-22(28)25-16-10-17(29-4)13-18(11-16)30-5/h6-8,10-13H,1,9,14H2,2-5H3,(H2,24,25,28). The zero-order valence-electron chi connectivity index (χ0n) is 18.2. The van der Waals surface area contributed by atoms with Crippen LogP contribution in [0.5, 0.6) is 17.2 Å². The van der Waals surface area contributed by atoms with E-state index >= 15 is 0 Å². The van der Waals surface area contributed by atoms with Gasteiger partial charge in [0.25, 0.3) is 0 Å². The fourth-order valence-corrected chi connectivity index (χ4v) is 3.21. The van der Waals surface area contributed by atoms with E-state index in [4.69, 9.17) is 14.2 Å². The second-order valence-electron chi connectivity index (χ2n) is 7.74. The normalized spacial score (nSPS) is 14.6. The van der Waals surface area contributed by atoms with Gasteiger partial charge >= 0.3 is 6.03 Å². The van der Waals surface area contributed by atoms with Gasteiger partial charge in [0.1, 0.15) is 23.9 Å². The van der Waals surface area contributed by atoms with Gasteiger partial charge in [-0.05, 0) is 26.0 Å². The number of hydrogen-bond acceptors (Lipinski definition) is 5. The minimum absolute atomic E-state index is 0.0448. The number of carbonyl (C=O) groups excluding carboxylic acids is 2. The van der Waals surface area contributed by atoms with Crippen LogP contribution in [0.25, 0.3) is 0 Å². The fourth-order valence-electron chi connectivity index (χ4n) is 3.21. The lowest BCUT2D eigenvalue weighted by atomic mass is 9.93. The van der Waals surface area contributed by atoms with Crippen LogP contribution in [0.15, 0.2) is 49.1 Å². The van der Waals surface area contributed by atoms with Crippen LogP contribution in [-0.2, 0) is 4.79 Å². The molecule has 8 nitrogen and oxygen atoms in total. The first-order valence-electron chi connectivity index (χ1n) is 9.78. The molecule has 0 aliphatic carbocycles. The molecular formula is C23H27N3O5. The number of carbonyl (C=O) groups is 2. The molecule has 0 saturated heterocycles. The van der Waals surface area contributed by atoms with Crippen LogP contribution in [-0.4, -0.2) is 39.3 Å². The smallest absolute Gasteiger partial charge is 0.323 e. The van der Waals surface area contributed by atoms with Gasteiger partial charge < -0.3 is 29.7 Å². The molecule has 3 amide bonds. The van der Waals surface area contributed by atoms with Crippen molar-refractivity contribution in [2.45, 2.75) is 13.8 Å². The van der Waals surface area contributed by atoms with Crippen LogP contribution >= 0.6 is 0 Å². The number of fused-ring (bicyclic) bond motifs is 1. The predicted molar refractivity (Wildman–Crippen MR) is 120 cm³/mol. The average Bonchev–Trinajstić information content (AvgIpc) is 2.83. The third-order valence-corrected chi connectivity index (χ3v) is 4.84. The molecule has 3 rings (SSSR count). The minimum Gasteiger partial charge on any atom is -0.497 e. The molecule has 0 radical (unpaired) electrons. The highest BCUT2D eigenvalue weighted by Crippen LogP contribution is 2.38. The van der Waals surface area contributed by atoms with Crippen molar-refractivity contribution in [1.82, 2.24) is 0 Å². The van der Waals surface area contributed by atoms with E-state index in [1.165, 1.54) is 14.2 Å². The fraction of sp³-hybridized carbons (Fsp3) is 0.304. The lowest BCUT2D eigenvalue weighted by Crippen LogP contribution is -2.42. The Bertz CT molecular complexity index is 980. The van der Waals surface area contributed by atoms with E-state index in [-0.39, 0.29) is 12.5 Å². The largest absolute Gasteiger partial charge is 0.497 e. The molecule has 2 N–H and O–H groups in total. The molecular weight excluding hydrogens is 398 g/mol. The van der Waals surface area contributed by atoms with E-state index in [2.05, 4.69) is 17.2 Å². The van der Waals surface area contributed by atoms with E-state index in [1.807, 2.05) is 13.8 Å². The summed E-state index contributed by atoms with van der Waals surface area (Å²) in [4.78, 5) is 27.0. The Hall–Kier alpha value is -3.68. The lowest BCUT2D eigenvalue weighted by Gasteiger charge is -2.27. The van der Waals surface area contributed by atoms with Crippen molar-refractivity contribution in [2.75, 3.05) is 42.9 Å². The maximum Gasteiger partial charge on any atom is 0.323 e. The van der Waals surface area contributed by atoms with E-state index < -0.39 is 11.4 Å². The number of benzene rings is 2. The molecule has 1 aliphatic heterocycles. The van der Waals surface area contributed by atoms with Gasteiger partial charge in [0.05, 0.1) is 25.3 Å². The molecule has 0 aromatic heterocycles. The molecule has 8 heteroatoms. The van der Waals surface area contributed by atoms with E-state index in [9.17, 15) is 9.59 Å². The second-order valence-corrected chi connectivity index (χ2v) is 7.74. The minimum atomic E-state index is -0.682. The molecule has 0 atom stereocenters. The average molecular weight is 425 g/mol. The SMILES string of the molecule is C=CCN1C(=O)C(C)(C)COc2cc(NC(=O)Nc3cc(OC)cc(OC)c3)ccc21. The van der Waals surface area contributed by atoms with Crippen molar-refractivity contribution in [3.05, 3.63) is 49.1 Å². The third kappa shape index (κ3) is 4.91. The van der Waals surface area contributed by atoms with Gasteiger partial charge in [0, 0.05) is 42.2 Å². The Morgan fingerprint density at radius 1 is 1.13 bits per heavy atom. The molecule has 164 valence electrons. The number of nitrogens with one attached hydrogen (secondary N) is 2. The first-order chi connectivity index (χ1) is 14.8. The zero-order chi connectivity index (χ0) is 22.6. The summed E-state index contributed by atoms with van der Waals surface area (Å²) in [5, 5.41) is 5.53. The van der Waals surface area contributed by atoms with Gasteiger partial charge in [-0.15, -0.1) is 6.58 Å². The Morgan fingerprint density at radius 2 is 1.77 bits per heavy atom. The van der Waals surface area contributed by atoms with Crippen molar-refractivity contribution < 1.29 is 23.8 Å². The highest BCUT2D eigenvalue weighted by atomic mass is 16.5. The van der Waals surface area contributed by atoms with Crippen LogP contribution < -0.4 is 29.7 Å². The van der Waals surface area contributed by atoms with Crippen molar-refractivity contribution in [3.63, 3.8) is 0 Å². The second kappa shape index (κ2) is 8.99. The molecule has 0 saturated carbocycles. The summed E-state index contributed by atoms with van der Waals surface area (Å²) in [5.41, 5.74) is 0.998. The van der Waals surface area contributed by atoms with Gasteiger partial charge in [0.2, 0.25) is 5.91 Å². The van der Waals surface area contributed by atoms with E-state index in [0.29, 0.717) is 40.9 Å². The Labute approximate surface area is 181 Å².